The van der Waals surface area contributed by atoms with Gasteiger partial charge in [0.05, 0.1) is 5.56 Å². The second kappa shape index (κ2) is 7.41. The molecule has 5 nitrogen and oxygen atoms in total. The molecule has 0 aromatic heterocycles. The fourth-order valence-corrected chi connectivity index (χ4v) is 2.36. The summed E-state index contributed by atoms with van der Waals surface area (Å²) < 4.78 is 5.48. The van der Waals surface area contributed by atoms with E-state index in [2.05, 4.69) is 11.4 Å². The Labute approximate surface area is 125 Å². The van der Waals surface area contributed by atoms with Crippen molar-refractivity contribution in [2.24, 2.45) is 5.41 Å². The molecule has 1 aliphatic rings. The fourth-order valence-electron chi connectivity index (χ4n) is 2.36. The SMILES string of the molecule is N#Cc1ccccc1OCC(O)CNCC1(CCO)CC1. The maximum absolute atomic E-state index is 9.90. The molecule has 21 heavy (non-hydrogen) atoms. The van der Waals surface area contributed by atoms with E-state index in [0.717, 1.165) is 25.8 Å². The zero-order chi connectivity index (χ0) is 15.1. The predicted octanol–water partition coefficient (Wildman–Crippen LogP) is 1.05. The number of aliphatic hydroxyl groups is 2. The summed E-state index contributed by atoms with van der Waals surface area (Å²) in [4.78, 5) is 0. The Morgan fingerprint density at radius 3 is 2.81 bits per heavy atom. The molecular weight excluding hydrogens is 268 g/mol. The summed E-state index contributed by atoms with van der Waals surface area (Å²) in [5.41, 5.74) is 0.709. The highest BCUT2D eigenvalue weighted by Crippen LogP contribution is 2.47. The Morgan fingerprint density at radius 2 is 2.14 bits per heavy atom. The molecular formula is C16H22N2O3. The first kappa shape index (κ1) is 15.8. The number of aliphatic hydroxyl groups excluding tert-OH is 2. The average Bonchev–Trinajstić information content (AvgIpc) is 3.25. The van der Waals surface area contributed by atoms with Gasteiger partial charge < -0.3 is 20.3 Å². The highest BCUT2D eigenvalue weighted by Gasteiger charge is 2.41. The van der Waals surface area contributed by atoms with E-state index in [1.54, 1.807) is 24.3 Å². The van der Waals surface area contributed by atoms with E-state index in [-0.39, 0.29) is 18.6 Å². The molecule has 2 rings (SSSR count). The highest BCUT2D eigenvalue weighted by atomic mass is 16.5. The number of hydrogen-bond donors (Lipinski definition) is 3. The van der Waals surface area contributed by atoms with Crippen LogP contribution >= 0.6 is 0 Å². The van der Waals surface area contributed by atoms with Crippen LogP contribution in [-0.4, -0.2) is 42.6 Å². The van der Waals surface area contributed by atoms with Crippen LogP contribution in [0.5, 0.6) is 5.75 Å². The normalized spacial score (nSPS) is 17.0. The Hall–Kier alpha value is -1.61. The minimum atomic E-state index is -0.623. The van der Waals surface area contributed by atoms with Gasteiger partial charge in [0.1, 0.15) is 24.5 Å². The van der Waals surface area contributed by atoms with E-state index in [1.165, 1.54) is 0 Å². The summed E-state index contributed by atoms with van der Waals surface area (Å²) >= 11 is 0. The molecule has 1 unspecified atom stereocenters. The first-order valence-electron chi connectivity index (χ1n) is 7.31. The van der Waals surface area contributed by atoms with Crippen LogP contribution in [-0.2, 0) is 0 Å². The van der Waals surface area contributed by atoms with E-state index in [9.17, 15) is 5.11 Å². The lowest BCUT2D eigenvalue weighted by Gasteiger charge is -2.17. The van der Waals surface area contributed by atoms with Gasteiger partial charge in [0.25, 0.3) is 0 Å². The summed E-state index contributed by atoms with van der Waals surface area (Å²) in [5.74, 6) is 0.498. The summed E-state index contributed by atoms with van der Waals surface area (Å²) in [6, 6.07) is 9.04. The molecule has 0 saturated heterocycles. The molecule has 1 fully saturated rings. The molecule has 0 spiro atoms. The smallest absolute Gasteiger partial charge is 0.137 e. The number of para-hydroxylation sites is 1. The van der Waals surface area contributed by atoms with Crippen LogP contribution in [0.2, 0.25) is 0 Å². The lowest BCUT2D eigenvalue weighted by molar-refractivity contribution is 0.104. The molecule has 114 valence electrons. The van der Waals surface area contributed by atoms with Crippen molar-refractivity contribution in [1.29, 1.82) is 5.26 Å². The second-order valence-corrected chi connectivity index (χ2v) is 5.68. The first-order chi connectivity index (χ1) is 10.2. The summed E-state index contributed by atoms with van der Waals surface area (Å²) in [6.07, 6.45) is 2.48. The third-order valence-corrected chi connectivity index (χ3v) is 3.92. The van der Waals surface area contributed by atoms with Crippen molar-refractivity contribution in [1.82, 2.24) is 5.32 Å². The molecule has 3 N–H and O–H groups in total. The molecule has 0 radical (unpaired) electrons. The number of nitrogens with one attached hydrogen (secondary N) is 1. The van der Waals surface area contributed by atoms with Crippen molar-refractivity contribution in [3.63, 3.8) is 0 Å². The second-order valence-electron chi connectivity index (χ2n) is 5.68. The van der Waals surface area contributed by atoms with Crippen molar-refractivity contribution in [3.8, 4) is 11.8 Å². The van der Waals surface area contributed by atoms with Crippen LogP contribution in [0.1, 0.15) is 24.8 Å². The van der Waals surface area contributed by atoms with Crippen molar-refractivity contribution in [3.05, 3.63) is 29.8 Å². The standard InChI is InChI=1S/C16H22N2O3/c17-9-13-3-1-2-4-15(13)21-11-14(20)10-18-12-16(5-6-16)7-8-19/h1-4,14,18-20H,5-8,10-12H2. The molecule has 0 amide bonds. The highest BCUT2D eigenvalue weighted by molar-refractivity contribution is 5.42. The topological polar surface area (TPSA) is 85.5 Å². The Morgan fingerprint density at radius 1 is 1.38 bits per heavy atom. The van der Waals surface area contributed by atoms with Gasteiger partial charge in [0.2, 0.25) is 0 Å². The zero-order valence-electron chi connectivity index (χ0n) is 12.1. The van der Waals surface area contributed by atoms with Crippen molar-refractivity contribution < 1.29 is 14.9 Å². The minimum Gasteiger partial charge on any atom is -0.489 e. The number of rotatable bonds is 9. The van der Waals surface area contributed by atoms with Crippen molar-refractivity contribution in [2.75, 3.05) is 26.3 Å². The van der Waals surface area contributed by atoms with E-state index < -0.39 is 6.10 Å². The molecule has 1 aliphatic carbocycles. The molecule has 1 atom stereocenters. The van der Waals surface area contributed by atoms with E-state index in [4.69, 9.17) is 15.1 Å². The molecule has 1 saturated carbocycles. The maximum atomic E-state index is 9.90. The molecule has 1 aromatic carbocycles. The van der Waals surface area contributed by atoms with Gasteiger partial charge in [-0.15, -0.1) is 0 Å². The molecule has 5 heteroatoms. The maximum Gasteiger partial charge on any atom is 0.137 e. The lowest BCUT2D eigenvalue weighted by Crippen LogP contribution is -2.35. The van der Waals surface area contributed by atoms with Gasteiger partial charge in [-0.3, -0.25) is 0 Å². The van der Waals surface area contributed by atoms with Gasteiger partial charge in [-0.2, -0.15) is 5.26 Å². The third kappa shape index (κ3) is 4.71. The fraction of sp³-hybridized carbons (Fsp3) is 0.562. The van der Waals surface area contributed by atoms with Crippen molar-refractivity contribution >= 4 is 0 Å². The quantitative estimate of drug-likeness (QED) is 0.633. The average molecular weight is 290 g/mol. The number of nitriles is 1. The first-order valence-corrected chi connectivity index (χ1v) is 7.31. The third-order valence-electron chi connectivity index (χ3n) is 3.92. The van der Waals surface area contributed by atoms with E-state index in [1.807, 2.05) is 0 Å². The van der Waals surface area contributed by atoms with Gasteiger partial charge >= 0.3 is 0 Å². The lowest BCUT2D eigenvalue weighted by atomic mass is 10.0. The monoisotopic (exact) mass is 290 g/mol. The molecule has 0 heterocycles. The number of ether oxygens (including phenoxy) is 1. The van der Waals surface area contributed by atoms with Gasteiger partial charge in [-0.25, -0.2) is 0 Å². The minimum absolute atomic E-state index is 0.151. The van der Waals surface area contributed by atoms with Crippen LogP contribution in [0.25, 0.3) is 0 Å². The molecule has 1 aromatic rings. The summed E-state index contributed by atoms with van der Waals surface area (Å²) in [6.45, 7) is 1.64. The predicted molar refractivity (Wildman–Crippen MR) is 78.9 cm³/mol. The molecule has 0 aliphatic heterocycles. The van der Waals surface area contributed by atoms with Gasteiger partial charge in [-0.05, 0) is 36.8 Å². The summed E-state index contributed by atoms with van der Waals surface area (Å²) in [5, 5.41) is 31.1. The van der Waals surface area contributed by atoms with Gasteiger partial charge in [-0.1, -0.05) is 12.1 Å². The molecule has 0 bridgehead atoms. The number of benzene rings is 1. The van der Waals surface area contributed by atoms with Gasteiger partial charge in [0.15, 0.2) is 0 Å². The number of hydrogen-bond acceptors (Lipinski definition) is 5. The largest absolute Gasteiger partial charge is 0.489 e. The summed E-state index contributed by atoms with van der Waals surface area (Å²) in [7, 11) is 0. The van der Waals surface area contributed by atoms with Gasteiger partial charge in [0, 0.05) is 19.7 Å². The Bertz CT molecular complexity index is 495. The van der Waals surface area contributed by atoms with E-state index in [0.29, 0.717) is 17.9 Å². The van der Waals surface area contributed by atoms with Crippen LogP contribution < -0.4 is 10.1 Å². The van der Waals surface area contributed by atoms with Crippen LogP contribution in [0, 0.1) is 16.7 Å². The van der Waals surface area contributed by atoms with Crippen LogP contribution in [0.4, 0.5) is 0 Å². The van der Waals surface area contributed by atoms with Crippen LogP contribution in [0.3, 0.4) is 0 Å². The van der Waals surface area contributed by atoms with Crippen molar-refractivity contribution in [2.45, 2.75) is 25.4 Å². The zero-order valence-corrected chi connectivity index (χ0v) is 12.1. The number of nitrogens with zero attached hydrogens (tertiary/aromatic N) is 1. The Balaban J connectivity index is 1.68. The van der Waals surface area contributed by atoms with E-state index >= 15 is 0 Å². The van der Waals surface area contributed by atoms with Crippen LogP contribution in [0.15, 0.2) is 24.3 Å². The Kier molecular flexibility index (Phi) is 5.57.